The molecule has 0 aliphatic carbocycles. The second-order valence-corrected chi connectivity index (χ2v) is 8.33. The highest BCUT2D eigenvalue weighted by Gasteiger charge is 2.32. The molecule has 0 aromatic heterocycles. The number of nitrogens with zero attached hydrogens (tertiary/aromatic N) is 1. The third-order valence-corrected chi connectivity index (χ3v) is 5.92. The SMILES string of the molecule is COc1cccc(C(=O)N(c2ccc(C)c(C)c2)C2C=CS(=O)(=O)C2)c1. The molecule has 2 aromatic carbocycles. The van der Waals surface area contributed by atoms with Gasteiger partial charge in [0.15, 0.2) is 9.84 Å². The van der Waals surface area contributed by atoms with Crippen molar-refractivity contribution in [2.45, 2.75) is 19.9 Å². The second kappa shape index (κ2) is 6.96. The maximum atomic E-state index is 13.2. The number of ether oxygens (including phenoxy) is 1. The lowest BCUT2D eigenvalue weighted by atomic mass is 10.1. The number of carbonyl (C=O) groups is 1. The average molecular weight is 371 g/mol. The smallest absolute Gasteiger partial charge is 0.258 e. The van der Waals surface area contributed by atoms with E-state index >= 15 is 0 Å². The van der Waals surface area contributed by atoms with Crippen molar-refractivity contribution in [2.24, 2.45) is 0 Å². The van der Waals surface area contributed by atoms with Crippen LogP contribution >= 0.6 is 0 Å². The third kappa shape index (κ3) is 3.65. The summed E-state index contributed by atoms with van der Waals surface area (Å²) >= 11 is 0. The minimum absolute atomic E-state index is 0.115. The highest BCUT2D eigenvalue weighted by Crippen LogP contribution is 2.27. The first kappa shape index (κ1) is 18.2. The highest BCUT2D eigenvalue weighted by molar-refractivity contribution is 7.94. The first-order valence-corrected chi connectivity index (χ1v) is 9.98. The van der Waals surface area contributed by atoms with Crippen LogP contribution in [0, 0.1) is 13.8 Å². The molecule has 3 rings (SSSR count). The zero-order valence-electron chi connectivity index (χ0n) is 15.0. The molecular weight excluding hydrogens is 350 g/mol. The Balaban J connectivity index is 2.06. The number of carbonyl (C=O) groups excluding carboxylic acids is 1. The van der Waals surface area contributed by atoms with Gasteiger partial charge in [0.05, 0.1) is 18.9 Å². The summed E-state index contributed by atoms with van der Waals surface area (Å²) in [5.74, 6) is 0.194. The van der Waals surface area contributed by atoms with E-state index in [-0.39, 0.29) is 11.7 Å². The Kier molecular flexibility index (Phi) is 4.87. The Morgan fingerprint density at radius 3 is 2.50 bits per heavy atom. The summed E-state index contributed by atoms with van der Waals surface area (Å²) in [4.78, 5) is 14.8. The van der Waals surface area contributed by atoms with E-state index in [0.717, 1.165) is 11.1 Å². The number of sulfone groups is 1. The molecule has 0 spiro atoms. The molecule has 0 saturated heterocycles. The molecule has 136 valence electrons. The van der Waals surface area contributed by atoms with Gasteiger partial charge in [-0.1, -0.05) is 12.1 Å². The molecule has 26 heavy (non-hydrogen) atoms. The standard InChI is InChI=1S/C20H21NO4S/c1-14-7-8-17(11-15(14)2)21(18-9-10-26(23,24)13-18)20(22)16-5-4-6-19(12-16)25-3/h4-12,18H,13H2,1-3H3. The van der Waals surface area contributed by atoms with Gasteiger partial charge in [-0.3, -0.25) is 4.79 Å². The monoisotopic (exact) mass is 371 g/mol. The molecule has 0 radical (unpaired) electrons. The third-order valence-electron chi connectivity index (χ3n) is 4.55. The molecule has 0 fully saturated rings. The summed E-state index contributed by atoms with van der Waals surface area (Å²) in [6.07, 6.45) is 1.57. The lowest BCUT2D eigenvalue weighted by molar-refractivity contribution is 0.0983. The van der Waals surface area contributed by atoms with Gasteiger partial charge in [0, 0.05) is 16.7 Å². The normalized spacial score (nSPS) is 17.9. The molecule has 0 N–H and O–H groups in total. The first-order chi connectivity index (χ1) is 12.3. The predicted octanol–water partition coefficient (Wildman–Crippen LogP) is 3.27. The summed E-state index contributed by atoms with van der Waals surface area (Å²) < 4.78 is 29.0. The number of amides is 1. The van der Waals surface area contributed by atoms with E-state index in [1.807, 2.05) is 32.0 Å². The molecule has 1 aliphatic rings. The minimum atomic E-state index is -3.29. The van der Waals surface area contributed by atoms with Crippen molar-refractivity contribution in [1.82, 2.24) is 0 Å². The number of benzene rings is 2. The molecule has 2 aromatic rings. The molecule has 1 atom stereocenters. The Morgan fingerprint density at radius 2 is 1.88 bits per heavy atom. The molecule has 1 heterocycles. The van der Waals surface area contributed by atoms with Crippen molar-refractivity contribution in [1.29, 1.82) is 0 Å². The Hall–Kier alpha value is -2.60. The minimum Gasteiger partial charge on any atom is -0.497 e. The van der Waals surface area contributed by atoms with Crippen molar-refractivity contribution in [3.63, 3.8) is 0 Å². The van der Waals surface area contributed by atoms with E-state index in [0.29, 0.717) is 17.0 Å². The van der Waals surface area contributed by atoms with Crippen molar-refractivity contribution in [3.05, 3.63) is 70.6 Å². The maximum absolute atomic E-state index is 13.2. The summed E-state index contributed by atoms with van der Waals surface area (Å²) in [7, 11) is -1.76. The molecule has 1 unspecified atom stereocenters. The van der Waals surface area contributed by atoms with Crippen LogP contribution in [0.4, 0.5) is 5.69 Å². The van der Waals surface area contributed by atoms with E-state index in [9.17, 15) is 13.2 Å². The largest absolute Gasteiger partial charge is 0.497 e. The van der Waals surface area contributed by atoms with Gasteiger partial charge in [0.2, 0.25) is 0 Å². The van der Waals surface area contributed by atoms with Crippen molar-refractivity contribution in [2.75, 3.05) is 17.8 Å². The van der Waals surface area contributed by atoms with Crippen LogP contribution in [0.15, 0.2) is 53.9 Å². The van der Waals surface area contributed by atoms with Gasteiger partial charge in [-0.05, 0) is 61.4 Å². The topological polar surface area (TPSA) is 63.7 Å². The fourth-order valence-electron chi connectivity index (χ4n) is 2.95. The van der Waals surface area contributed by atoms with Gasteiger partial charge in [-0.2, -0.15) is 0 Å². The van der Waals surface area contributed by atoms with Crippen LogP contribution in [0.25, 0.3) is 0 Å². The number of aryl methyl sites for hydroxylation is 2. The zero-order valence-corrected chi connectivity index (χ0v) is 15.8. The van der Waals surface area contributed by atoms with Crippen LogP contribution in [0.3, 0.4) is 0 Å². The van der Waals surface area contributed by atoms with Crippen molar-refractivity contribution in [3.8, 4) is 5.75 Å². The van der Waals surface area contributed by atoms with E-state index < -0.39 is 15.9 Å². The molecule has 6 heteroatoms. The fourth-order valence-corrected chi connectivity index (χ4v) is 4.22. The van der Waals surface area contributed by atoms with Gasteiger partial charge < -0.3 is 9.64 Å². The number of hydrogen-bond acceptors (Lipinski definition) is 4. The summed E-state index contributed by atoms with van der Waals surface area (Å²) in [5, 5.41) is 1.19. The molecule has 1 aliphatic heterocycles. The molecule has 0 bridgehead atoms. The van der Waals surface area contributed by atoms with Crippen molar-refractivity contribution >= 4 is 21.4 Å². The van der Waals surface area contributed by atoms with Crippen LogP contribution in [0.1, 0.15) is 21.5 Å². The van der Waals surface area contributed by atoms with E-state index in [1.54, 1.807) is 35.2 Å². The number of hydrogen-bond donors (Lipinski definition) is 0. The molecule has 5 nitrogen and oxygen atoms in total. The zero-order chi connectivity index (χ0) is 18.9. The second-order valence-electron chi connectivity index (χ2n) is 6.40. The number of anilines is 1. The Morgan fingerprint density at radius 1 is 1.12 bits per heavy atom. The average Bonchev–Trinajstić information content (AvgIpc) is 2.97. The lowest BCUT2D eigenvalue weighted by Crippen LogP contribution is -2.41. The maximum Gasteiger partial charge on any atom is 0.258 e. The van der Waals surface area contributed by atoms with E-state index in [1.165, 1.54) is 12.5 Å². The van der Waals surface area contributed by atoms with Crippen LogP contribution in [-0.2, 0) is 9.84 Å². The Labute approximate surface area is 153 Å². The number of methoxy groups -OCH3 is 1. The molecular formula is C20H21NO4S. The van der Waals surface area contributed by atoms with Crippen LogP contribution < -0.4 is 9.64 Å². The molecule has 0 saturated carbocycles. The van der Waals surface area contributed by atoms with E-state index in [4.69, 9.17) is 4.74 Å². The van der Waals surface area contributed by atoms with Gasteiger partial charge in [-0.25, -0.2) is 8.42 Å². The molecule has 1 amide bonds. The van der Waals surface area contributed by atoms with Crippen LogP contribution in [-0.4, -0.2) is 33.2 Å². The summed E-state index contributed by atoms with van der Waals surface area (Å²) in [5.41, 5.74) is 3.26. The van der Waals surface area contributed by atoms with Gasteiger partial charge in [0.1, 0.15) is 5.75 Å². The first-order valence-electron chi connectivity index (χ1n) is 8.26. The summed E-state index contributed by atoms with van der Waals surface area (Å²) in [6, 6.07) is 12.0. The van der Waals surface area contributed by atoms with Crippen LogP contribution in [0.2, 0.25) is 0 Å². The predicted molar refractivity (Wildman–Crippen MR) is 102 cm³/mol. The van der Waals surface area contributed by atoms with Crippen molar-refractivity contribution < 1.29 is 17.9 Å². The lowest BCUT2D eigenvalue weighted by Gasteiger charge is -2.28. The summed E-state index contributed by atoms with van der Waals surface area (Å²) in [6.45, 7) is 3.96. The number of rotatable bonds is 4. The Bertz CT molecular complexity index is 979. The fraction of sp³-hybridized carbons (Fsp3) is 0.250. The quantitative estimate of drug-likeness (QED) is 0.827. The van der Waals surface area contributed by atoms with Gasteiger partial charge in [0.25, 0.3) is 5.91 Å². The van der Waals surface area contributed by atoms with Crippen LogP contribution in [0.5, 0.6) is 5.75 Å². The highest BCUT2D eigenvalue weighted by atomic mass is 32.2. The van der Waals surface area contributed by atoms with Gasteiger partial charge >= 0.3 is 0 Å². The van der Waals surface area contributed by atoms with E-state index in [2.05, 4.69) is 0 Å². The van der Waals surface area contributed by atoms with Gasteiger partial charge in [-0.15, -0.1) is 0 Å².